The van der Waals surface area contributed by atoms with E-state index in [-0.39, 0.29) is 18.3 Å². The third kappa shape index (κ3) is 3.77. The summed E-state index contributed by atoms with van der Waals surface area (Å²) in [4.78, 5) is 22.1. The van der Waals surface area contributed by atoms with Gasteiger partial charge in [-0.1, -0.05) is 0 Å². The van der Waals surface area contributed by atoms with E-state index in [1.165, 1.54) is 36.7 Å². The summed E-state index contributed by atoms with van der Waals surface area (Å²) in [6.07, 6.45) is 2.62. The second kappa shape index (κ2) is 7.22. The summed E-state index contributed by atoms with van der Waals surface area (Å²) < 4.78 is 23.9. The number of carbonyl (C=O) groups excluding carboxylic acids is 1. The highest BCUT2D eigenvalue weighted by atomic mass is 19.1. The minimum Gasteiger partial charge on any atom is -0.484 e. The molecule has 7 nitrogen and oxygen atoms in total. The number of halogens is 1. The highest BCUT2D eigenvalue weighted by molar-refractivity contribution is 5.78. The molecule has 1 amide bonds. The molecule has 1 aromatic heterocycles. The van der Waals surface area contributed by atoms with Gasteiger partial charge in [0.05, 0.1) is 13.2 Å². The van der Waals surface area contributed by atoms with Crippen molar-refractivity contribution < 1.29 is 18.7 Å². The first-order valence-corrected chi connectivity index (χ1v) is 7.47. The molecular formula is C16H17FN4O3. The van der Waals surface area contributed by atoms with Gasteiger partial charge in [-0.25, -0.2) is 9.37 Å². The Morgan fingerprint density at radius 3 is 2.83 bits per heavy atom. The molecule has 2 N–H and O–H groups in total. The van der Waals surface area contributed by atoms with E-state index in [0.717, 1.165) is 0 Å². The molecule has 1 fully saturated rings. The maximum atomic E-state index is 12.8. The van der Waals surface area contributed by atoms with Crippen molar-refractivity contribution in [1.29, 1.82) is 0 Å². The second-order valence-corrected chi connectivity index (χ2v) is 5.27. The molecule has 1 aromatic carbocycles. The smallest absolute Gasteiger partial charge is 0.260 e. The summed E-state index contributed by atoms with van der Waals surface area (Å²) >= 11 is 0. The Kier molecular flexibility index (Phi) is 4.85. The van der Waals surface area contributed by atoms with E-state index in [0.29, 0.717) is 37.0 Å². The van der Waals surface area contributed by atoms with Gasteiger partial charge in [-0.2, -0.15) is 0 Å². The summed E-state index contributed by atoms with van der Waals surface area (Å²) in [7, 11) is 0. The van der Waals surface area contributed by atoms with Crippen molar-refractivity contribution in [2.24, 2.45) is 0 Å². The van der Waals surface area contributed by atoms with E-state index < -0.39 is 6.10 Å². The molecule has 3 rings (SSSR count). The predicted octanol–water partition coefficient (Wildman–Crippen LogP) is 1.18. The quantitative estimate of drug-likeness (QED) is 0.904. The number of carbonyl (C=O) groups is 1. The number of nitrogen functional groups attached to an aromatic ring is 1. The van der Waals surface area contributed by atoms with Gasteiger partial charge in [0.15, 0.2) is 6.61 Å². The molecule has 0 aliphatic carbocycles. The fraction of sp³-hybridized carbons (Fsp3) is 0.312. The number of morpholine rings is 1. The molecule has 1 aliphatic heterocycles. The molecule has 0 radical (unpaired) electrons. The van der Waals surface area contributed by atoms with E-state index >= 15 is 0 Å². The van der Waals surface area contributed by atoms with Crippen LogP contribution in [0.1, 0.15) is 11.8 Å². The third-order valence-corrected chi connectivity index (χ3v) is 3.66. The highest BCUT2D eigenvalue weighted by Crippen LogP contribution is 2.23. The summed E-state index contributed by atoms with van der Waals surface area (Å²) in [6, 6.07) is 5.51. The van der Waals surface area contributed by atoms with E-state index in [4.69, 9.17) is 15.2 Å². The fourth-order valence-electron chi connectivity index (χ4n) is 2.42. The van der Waals surface area contributed by atoms with Crippen molar-refractivity contribution in [3.8, 4) is 5.75 Å². The normalized spacial score (nSPS) is 17.5. The van der Waals surface area contributed by atoms with Crippen molar-refractivity contribution >= 4 is 11.7 Å². The fourth-order valence-corrected chi connectivity index (χ4v) is 2.42. The highest BCUT2D eigenvalue weighted by Gasteiger charge is 2.28. The van der Waals surface area contributed by atoms with Crippen LogP contribution in [0.4, 0.5) is 10.2 Å². The Hall–Kier alpha value is -2.74. The van der Waals surface area contributed by atoms with Gasteiger partial charge in [-0.05, 0) is 24.3 Å². The Morgan fingerprint density at radius 1 is 1.33 bits per heavy atom. The van der Waals surface area contributed by atoms with Crippen LogP contribution in [0.3, 0.4) is 0 Å². The number of aromatic nitrogens is 2. The van der Waals surface area contributed by atoms with Crippen LogP contribution in [0.5, 0.6) is 5.75 Å². The lowest BCUT2D eigenvalue weighted by molar-refractivity contribution is -0.141. The largest absolute Gasteiger partial charge is 0.484 e. The van der Waals surface area contributed by atoms with E-state index in [9.17, 15) is 9.18 Å². The number of anilines is 1. The Balaban J connectivity index is 1.59. The van der Waals surface area contributed by atoms with Gasteiger partial charge in [-0.3, -0.25) is 9.78 Å². The van der Waals surface area contributed by atoms with Crippen LogP contribution < -0.4 is 10.5 Å². The van der Waals surface area contributed by atoms with Gasteiger partial charge >= 0.3 is 0 Å². The summed E-state index contributed by atoms with van der Waals surface area (Å²) in [5.41, 5.74) is 6.33. The number of nitrogens with two attached hydrogens (primary N) is 1. The minimum absolute atomic E-state index is 0.131. The van der Waals surface area contributed by atoms with Crippen LogP contribution >= 0.6 is 0 Å². The number of ether oxygens (including phenoxy) is 2. The minimum atomic E-state index is -0.415. The molecular weight excluding hydrogens is 315 g/mol. The Morgan fingerprint density at radius 2 is 2.08 bits per heavy atom. The average Bonchev–Trinajstić information content (AvgIpc) is 2.61. The van der Waals surface area contributed by atoms with Crippen molar-refractivity contribution in [2.45, 2.75) is 6.10 Å². The summed E-state index contributed by atoms with van der Waals surface area (Å²) in [6.45, 7) is 1.04. The van der Waals surface area contributed by atoms with Crippen molar-refractivity contribution in [3.63, 3.8) is 0 Å². The maximum absolute atomic E-state index is 12.8. The van der Waals surface area contributed by atoms with Crippen molar-refractivity contribution in [3.05, 3.63) is 48.2 Å². The van der Waals surface area contributed by atoms with Gasteiger partial charge in [0, 0.05) is 18.9 Å². The first-order valence-electron chi connectivity index (χ1n) is 7.47. The second-order valence-electron chi connectivity index (χ2n) is 5.27. The van der Waals surface area contributed by atoms with Crippen LogP contribution in [-0.2, 0) is 9.53 Å². The molecule has 8 heteroatoms. The van der Waals surface area contributed by atoms with Crippen LogP contribution in [0.15, 0.2) is 36.7 Å². The average molecular weight is 332 g/mol. The van der Waals surface area contributed by atoms with Crippen LogP contribution in [0, 0.1) is 5.82 Å². The first-order chi connectivity index (χ1) is 11.6. The molecule has 1 aliphatic rings. The number of amides is 1. The SMILES string of the molecule is Nc1nccnc1[C@H]1CN(C(=O)COc2ccc(F)cc2)CCO1. The van der Waals surface area contributed by atoms with Crippen LogP contribution in [0.2, 0.25) is 0 Å². The van der Waals surface area contributed by atoms with Crippen molar-refractivity contribution in [2.75, 3.05) is 32.0 Å². The number of hydrogen-bond acceptors (Lipinski definition) is 6. The number of benzene rings is 1. The molecule has 0 bridgehead atoms. The van der Waals surface area contributed by atoms with Gasteiger partial charge in [0.25, 0.3) is 5.91 Å². The standard InChI is InChI=1S/C16H17FN4O3/c17-11-1-3-12(4-2-11)24-10-14(22)21-7-8-23-13(9-21)15-16(18)20-6-5-19-15/h1-6,13H,7-10H2,(H2,18,20)/t13-/m1/s1. The Bertz CT molecular complexity index is 711. The molecule has 2 aromatic rings. The zero-order valence-electron chi connectivity index (χ0n) is 12.9. The first kappa shape index (κ1) is 16.1. The molecule has 1 saturated heterocycles. The zero-order valence-corrected chi connectivity index (χ0v) is 12.9. The lowest BCUT2D eigenvalue weighted by Crippen LogP contribution is -2.44. The predicted molar refractivity (Wildman–Crippen MR) is 83.6 cm³/mol. The van der Waals surface area contributed by atoms with Gasteiger partial charge in [-0.15, -0.1) is 0 Å². The summed E-state index contributed by atoms with van der Waals surface area (Å²) in [5.74, 6) is 0.188. The Labute approximate surface area is 138 Å². The molecule has 0 saturated carbocycles. The lowest BCUT2D eigenvalue weighted by atomic mass is 10.2. The molecule has 126 valence electrons. The third-order valence-electron chi connectivity index (χ3n) is 3.66. The van der Waals surface area contributed by atoms with E-state index in [1.807, 2.05) is 0 Å². The monoisotopic (exact) mass is 332 g/mol. The number of hydrogen-bond donors (Lipinski definition) is 1. The topological polar surface area (TPSA) is 90.6 Å². The van der Waals surface area contributed by atoms with Gasteiger partial charge < -0.3 is 20.1 Å². The maximum Gasteiger partial charge on any atom is 0.260 e. The number of rotatable bonds is 4. The summed E-state index contributed by atoms with van der Waals surface area (Å²) in [5, 5.41) is 0. The van der Waals surface area contributed by atoms with Crippen molar-refractivity contribution in [1.82, 2.24) is 14.9 Å². The molecule has 2 heterocycles. The van der Waals surface area contributed by atoms with Gasteiger partial charge in [0.2, 0.25) is 0 Å². The van der Waals surface area contributed by atoms with Crippen LogP contribution in [-0.4, -0.2) is 47.1 Å². The molecule has 0 unspecified atom stereocenters. The molecule has 0 spiro atoms. The lowest BCUT2D eigenvalue weighted by Gasteiger charge is -2.32. The zero-order chi connectivity index (χ0) is 16.9. The molecule has 1 atom stereocenters. The number of nitrogens with zero attached hydrogens (tertiary/aromatic N) is 3. The van der Waals surface area contributed by atoms with Crippen LogP contribution in [0.25, 0.3) is 0 Å². The van der Waals surface area contributed by atoms with E-state index in [2.05, 4.69) is 9.97 Å². The molecule has 24 heavy (non-hydrogen) atoms. The van der Waals surface area contributed by atoms with Gasteiger partial charge in [0.1, 0.15) is 29.2 Å². The van der Waals surface area contributed by atoms with E-state index in [1.54, 1.807) is 4.90 Å².